The van der Waals surface area contributed by atoms with Crippen molar-refractivity contribution >= 4 is 63.6 Å². The number of ketones is 1. The molecule has 0 radical (unpaired) electrons. The van der Waals surface area contributed by atoms with Crippen molar-refractivity contribution in [2.45, 2.75) is 102 Å². The quantitative estimate of drug-likeness (QED) is 0.0632. The molecular formula is C46H57FN10O6. The molecule has 17 heteroatoms. The van der Waals surface area contributed by atoms with Crippen molar-refractivity contribution in [1.29, 1.82) is 0 Å². The van der Waals surface area contributed by atoms with Crippen molar-refractivity contribution in [1.82, 2.24) is 34.6 Å². The van der Waals surface area contributed by atoms with Crippen molar-refractivity contribution in [3.8, 4) is 0 Å². The third-order valence-corrected chi connectivity index (χ3v) is 12.9. The standard InChI is InChI=1S/C46H57FN10O6/c1-28(2)56-26-32(31-25-50-40(24-36(31)56)51-39-13-18-49-46(52-39)55-22-16-38(63-3)33(47)27-55)37(58)23-29-14-20-54(21-15-29)19-7-5-4-6-17-48-34-10-8-9-30-42(34)45(62)57(44(30)61)35-11-12-41(59)53-43(35)60/h8-10,13,18,24-26,28-29,33,35,38,48H,4-7,11-12,14-17,19-23,27H2,1-3H3,(H,53,59,60)(H,49,50,51,52)/t33-,35?,38+/m1/s1. The number of aromatic nitrogens is 4. The molecule has 334 valence electrons. The topological polar surface area (TPSA) is 184 Å². The first-order chi connectivity index (χ1) is 30.5. The Balaban J connectivity index is 0.770. The predicted octanol–water partition coefficient (Wildman–Crippen LogP) is 6.07. The molecule has 4 amide bonds. The molecule has 3 saturated heterocycles. The van der Waals surface area contributed by atoms with E-state index >= 15 is 0 Å². The van der Waals surface area contributed by atoms with Gasteiger partial charge in [-0.25, -0.2) is 14.4 Å². The Hall–Kier alpha value is -5.81. The number of pyridine rings is 1. The van der Waals surface area contributed by atoms with Gasteiger partial charge in [-0.05, 0) is 96.1 Å². The van der Waals surface area contributed by atoms with Gasteiger partial charge >= 0.3 is 0 Å². The molecule has 4 aromatic rings. The van der Waals surface area contributed by atoms with E-state index in [-0.39, 0.29) is 42.3 Å². The van der Waals surface area contributed by atoms with Crippen LogP contribution in [0, 0.1) is 5.92 Å². The van der Waals surface area contributed by atoms with E-state index in [0.29, 0.717) is 60.7 Å². The van der Waals surface area contributed by atoms with Gasteiger partial charge < -0.3 is 29.7 Å². The summed E-state index contributed by atoms with van der Waals surface area (Å²) in [5.41, 5.74) is 2.75. The predicted molar refractivity (Wildman–Crippen MR) is 236 cm³/mol. The number of rotatable bonds is 17. The van der Waals surface area contributed by atoms with Crippen LogP contribution in [0.5, 0.6) is 0 Å². The fourth-order valence-electron chi connectivity index (χ4n) is 9.38. The Kier molecular flexibility index (Phi) is 13.4. The van der Waals surface area contributed by atoms with Crippen LogP contribution >= 0.6 is 0 Å². The van der Waals surface area contributed by atoms with Gasteiger partial charge in [-0.1, -0.05) is 18.9 Å². The van der Waals surface area contributed by atoms with E-state index in [1.165, 1.54) is 7.11 Å². The molecule has 1 aromatic carbocycles. The molecule has 0 spiro atoms. The summed E-state index contributed by atoms with van der Waals surface area (Å²) in [6, 6.07) is 7.95. The monoisotopic (exact) mass is 864 g/mol. The number of fused-ring (bicyclic) bond motifs is 2. The summed E-state index contributed by atoms with van der Waals surface area (Å²) >= 11 is 0. The maximum atomic E-state index is 14.6. The molecule has 3 N–H and O–H groups in total. The van der Waals surface area contributed by atoms with Crippen LogP contribution in [0.25, 0.3) is 10.9 Å². The van der Waals surface area contributed by atoms with Gasteiger partial charge in [0, 0.05) is 80.4 Å². The second kappa shape index (κ2) is 19.3. The number of carbonyl (C=O) groups is 5. The second-order valence-electron chi connectivity index (χ2n) is 17.5. The minimum absolute atomic E-state index is 0.0813. The van der Waals surface area contributed by atoms with E-state index in [2.05, 4.69) is 54.2 Å². The van der Waals surface area contributed by atoms with Crippen LogP contribution in [-0.4, -0.2) is 123 Å². The number of Topliss-reactive ketones (excluding diaryl/α,β-unsaturated/α-hetero) is 1. The highest BCUT2D eigenvalue weighted by Crippen LogP contribution is 2.34. The summed E-state index contributed by atoms with van der Waals surface area (Å²) in [5.74, 6) is 0.00512. The number of methoxy groups -OCH3 is 1. The molecule has 8 rings (SSSR count). The van der Waals surface area contributed by atoms with Crippen LogP contribution in [-0.2, 0) is 14.3 Å². The Labute approximate surface area is 366 Å². The number of hydrogen-bond acceptors (Lipinski definition) is 13. The highest BCUT2D eigenvalue weighted by molar-refractivity contribution is 6.25. The van der Waals surface area contributed by atoms with Crippen molar-refractivity contribution in [2.75, 3.05) is 61.9 Å². The Morgan fingerprint density at radius 2 is 1.78 bits per heavy atom. The smallest absolute Gasteiger partial charge is 0.264 e. The Bertz CT molecular complexity index is 2360. The Morgan fingerprint density at radius 3 is 2.54 bits per heavy atom. The maximum Gasteiger partial charge on any atom is 0.264 e. The number of amides is 4. The number of carbonyl (C=O) groups excluding carboxylic acids is 5. The first kappa shape index (κ1) is 43.8. The molecule has 3 atom stereocenters. The van der Waals surface area contributed by atoms with E-state index in [0.717, 1.165) is 74.0 Å². The minimum Gasteiger partial charge on any atom is -0.384 e. The molecule has 0 aliphatic carbocycles. The Morgan fingerprint density at radius 1 is 0.968 bits per heavy atom. The van der Waals surface area contributed by atoms with Gasteiger partial charge in [0.25, 0.3) is 11.8 Å². The fourth-order valence-corrected chi connectivity index (χ4v) is 9.38. The van der Waals surface area contributed by atoms with Gasteiger partial charge in [-0.3, -0.25) is 34.2 Å². The lowest BCUT2D eigenvalue weighted by Gasteiger charge is -2.33. The van der Waals surface area contributed by atoms with Crippen LogP contribution in [0.3, 0.4) is 0 Å². The molecule has 1 unspecified atom stereocenters. The third-order valence-electron chi connectivity index (χ3n) is 12.9. The van der Waals surface area contributed by atoms with Crippen molar-refractivity contribution < 1.29 is 33.1 Å². The van der Waals surface area contributed by atoms with Gasteiger partial charge in [-0.15, -0.1) is 0 Å². The number of piperidine rings is 3. The fraction of sp³-hybridized carbons (Fsp3) is 0.522. The second-order valence-corrected chi connectivity index (χ2v) is 17.5. The van der Waals surface area contributed by atoms with Gasteiger partial charge in [0.1, 0.15) is 23.8 Å². The molecule has 0 saturated carbocycles. The van der Waals surface area contributed by atoms with Crippen LogP contribution in [0.2, 0.25) is 0 Å². The highest BCUT2D eigenvalue weighted by Gasteiger charge is 2.45. The first-order valence-corrected chi connectivity index (χ1v) is 22.4. The lowest BCUT2D eigenvalue weighted by Crippen LogP contribution is -2.54. The average molecular weight is 865 g/mol. The summed E-state index contributed by atoms with van der Waals surface area (Å²) < 4.78 is 22.0. The van der Waals surface area contributed by atoms with E-state index in [9.17, 15) is 28.4 Å². The summed E-state index contributed by atoms with van der Waals surface area (Å²) in [6.45, 7) is 8.55. The molecular weight excluding hydrogens is 808 g/mol. The molecule has 4 aliphatic heterocycles. The summed E-state index contributed by atoms with van der Waals surface area (Å²) in [6.07, 6.45) is 11.1. The highest BCUT2D eigenvalue weighted by atomic mass is 19.1. The number of unbranched alkanes of at least 4 members (excludes halogenated alkanes) is 3. The SMILES string of the molecule is CO[C@H]1CCN(c2nccc(Nc3cc4c(cn3)c(C(=O)CC3CCN(CCCCCCNc5cccc6c5C(=O)N(C5CCC(=O)NC5=O)C6=O)CC3)cn4C(C)C)n2)C[C@H]1F. The van der Waals surface area contributed by atoms with Crippen LogP contribution < -0.4 is 20.9 Å². The van der Waals surface area contributed by atoms with Crippen LogP contribution in [0.1, 0.15) is 115 Å². The lowest BCUT2D eigenvalue weighted by molar-refractivity contribution is -0.136. The number of nitrogens with zero attached hydrogens (tertiary/aromatic N) is 7. The van der Waals surface area contributed by atoms with E-state index < -0.39 is 41.9 Å². The van der Waals surface area contributed by atoms with Gasteiger partial charge in [-0.2, -0.15) is 4.98 Å². The number of benzene rings is 1. The molecule has 3 aromatic heterocycles. The minimum atomic E-state index is -1.12. The zero-order valence-corrected chi connectivity index (χ0v) is 36.3. The van der Waals surface area contributed by atoms with Gasteiger partial charge in [0.05, 0.1) is 29.3 Å². The summed E-state index contributed by atoms with van der Waals surface area (Å²) in [7, 11) is 1.53. The van der Waals surface area contributed by atoms with E-state index in [1.54, 1.807) is 36.7 Å². The maximum absolute atomic E-state index is 14.6. The van der Waals surface area contributed by atoms with E-state index in [1.807, 2.05) is 17.2 Å². The molecule has 4 aliphatic rings. The van der Waals surface area contributed by atoms with E-state index in [4.69, 9.17) is 4.74 Å². The third kappa shape index (κ3) is 9.59. The number of alkyl halides is 1. The zero-order chi connectivity index (χ0) is 44.2. The number of nitrogens with one attached hydrogen (secondary N) is 3. The number of ether oxygens (including phenoxy) is 1. The average Bonchev–Trinajstić information content (AvgIpc) is 3.78. The van der Waals surface area contributed by atoms with Crippen molar-refractivity contribution in [3.63, 3.8) is 0 Å². The largest absolute Gasteiger partial charge is 0.384 e. The van der Waals surface area contributed by atoms with Gasteiger partial charge in [0.15, 0.2) is 5.78 Å². The number of anilines is 4. The molecule has 16 nitrogen and oxygen atoms in total. The number of halogens is 1. The van der Waals surface area contributed by atoms with Crippen molar-refractivity contribution in [2.24, 2.45) is 5.92 Å². The molecule has 3 fully saturated rings. The molecule has 63 heavy (non-hydrogen) atoms. The summed E-state index contributed by atoms with van der Waals surface area (Å²) in [4.78, 5) is 83.4. The zero-order valence-electron chi connectivity index (χ0n) is 36.3. The number of imide groups is 2. The van der Waals surface area contributed by atoms with Crippen molar-refractivity contribution in [3.05, 3.63) is 65.6 Å². The molecule has 0 bridgehead atoms. The van der Waals surface area contributed by atoms with Crippen LogP contribution in [0.4, 0.5) is 27.7 Å². The van der Waals surface area contributed by atoms with Crippen LogP contribution in [0.15, 0.2) is 48.9 Å². The number of likely N-dealkylation sites (tertiary alicyclic amines) is 1. The molecule has 7 heterocycles. The number of hydrogen-bond donors (Lipinski definition) is 3. The summed E-state index contributed by atoms with van der Waals surface area (Å²) in [5, 5.41) is 9.69. The normalized spacial score (nSPS) is 21.1. The lowest BCUT2D eigenvalue weighted by atomic mass is 9.90. The van der Waals surface area contributed by atoms with Gasteiger partial charge in [0.2, 0.25) is 17.8 Å². The first-order valence-electron chi connectivity index (χ1n) is 22.4.